The van der Waals surface area contributed by atoms with Crippen molar-refractivity contribution in [2.45, 2.75) is 11.7 Å². The molecule has 0 spiro atoms. The maximum atomic E-state index is 12.7. The van der Waals surface area contributed by atoms with E-state index >= 15 is 0 Å². The van der Waals surface area contributed by atoms with Gasteiger partial charge in [-0.15, -0.1) is 0 Å². The second kappa shape index (κ2) is 6.35. The first kappa shape index (κ1) is 15.0. The number of carbonyl (C=O) groups is 2. The Balaban J connectivity index is 1.92. The summed E-state index contributed by atoms with van der Waals surface area (Å²) < 4.78 is 12.7. The molecule has 1 aliphatic rings. The number of amides is 2. The van der Waals surface area contributed by atoms with Crippen molar-refractivity contribution >= 4 is 40.4 Å². The van der Waals surface area contributed by atoms with Crippen LogP contribution in [0.25, 0.3) is 0 Å². The van der Waals surface area contributed by atoms with Crippen LogP contribution in [-0.2, 0) is 9.59 Å². The summed E-state index contributed by atoms with van der Waals surface area (Å²) in [6.45, 7) is 0. The van der Waals surface area contributed by atoms with Gasteiger partial charge in [-0.3, -0.25) is 15.0 Å². The van der Waals surface area contributed by atoms with Gasteiger partial charge in [0.05, 0.1) is 0 Å². The molecule has 1 aliphatic heterocycles. The largest absolute Gasteiger partial charge is 0.368 e. The number of nitrogens with two attached hydrogens (primary N) is 1. The van der Waals surface area contributed by atoms with E-state index in [1.807, 2.05) is 0 Å². The summed E-state index contributed by atoms with van der Waals surface area (Å²) in [6, 6.07) is 5.31. The normalized spacial score (nSPS) is 19.4. The van der Waals surface area contributed by atoms with Gasteiger partial charge in [-0.2, -0.15) is 4.99 Å². The van der Waals surface area contributed by atoms with Crippen molar-refractivity contribution in [2.24, 2.45) is 10.7 Å². The molecule has 1 atom stereocenters. The van der Waals surface area contributed by atoms with Gasteiger partial charge in [0.25, 0.3) is 0 Å². The van der Waals surface area contributed by atoms with Gasteiger partial charge in [-0.25, -0.2) is 4.39 Å². The predicted octanol–water partition coefficient (Wildman–Crippen LogP) is 0.635. The van der Waals surface area contributed by atoms with Crippen LogP contribution in [0, 0.1) is 11.2 Å². The quantitative estimate of drug-likeness (QED) is 0.483. The SMILES string of the molecule is N=C(N)N=C1NC(=O)C(CC(=O)Nc2ccc(F)cc2)S1. The third-order valence-corrected chi connectivity index (χ3v) is 3.58. The van der Waals surface area contributed by atoms with Crippen molar-refractivity contribution in [3.8, 4) is 0 Å². The average molecular weight is 309 g/mol. The van der Waals surface area contributed by atoms with E-state index in [4.69, 9.17) is 11.1 Å². The molecule has 0 bridgehead atoms. The van der Waals surface area contributed by atoms with Crippen molar-refractivity contribution in [1.29, 1.82) is 5.41 Å². The Morgan fingerprint density at radius 3 is 2.76 bits per heavy atom. The number of hydrogen-bond donors (Lipinski definition) is 4. The molecule has 21 heavy (non-hydrogen) atoms. The standard InChI is InChI=1S/C12H12FN5O2S/c13-6-1-3-7(4-2-6)16-9(19)5-8-10(20)17-12(21-8)18-11(14)15/h1-4,8H,5H2,(H,16,19)(H4,14,15,17,18,20). The molecule has 0 aromatic heterocycles. The topological polar surface area (TPSA) is 120 Å². The van der Waals surface area contributed by atoms with Crippen LogP contribution in [0.4, 0.5) is 10.1 Å². The number of nitrogens with zero attached hydrogens (tertiary/aromatic N) is 1. The van der Waals surface area contributed by atoms with E-state index in [0.29, 0.717) is 5.69 Å². The number of amidine groups is 1. The molecule has 1 saturated heterocycles. The lowest BCUT2D eigenvalue weighted by molar-refractivity contribution is -0.122. The van der Waals surface area contributed by atoms with E-state index in [-0.39, 0.29) is 23.4 Å². The second-order valence-electron chi connectivity index (χ2n) is 4.16. The van der Waals surface area contributed by atoms with Gasteiger partial charge >= 0.3 is 0 Å². The second-order valence-corrected chi connectivity index (χ2v) is 5.35. The number of benzene rings is 1. The zero-order chi connectivity index (χ0) is 15.4. The molecule has 5 N–H and O–H groups in total. The summed E-state index contributed by atoms with van der Waals surface area (Å²) in [5.41, 5.74) is 5.55. The van der Waals surface area contributed by atoms with E-state index in [0.717, 1.165) is 11.8 Å². The van der Waals surface area contributed by atoms with E-state index in [1.54, 1.807) is 0 Å². The fourth-order valence-corrected chi connectivity index (χ4v) is 2.60. The lowest BCUT2D eigenvalue weighted by Crippen LogP contribution is -2.28. The fourth-order valence-electron chi connectivity index (χ4n) is 1.62. The zero-order valence-corrected chi connectivity index (χ0v) is 11.5. The number of halogens is 1. The molecule has 1 unspecified atom stereocenters. The number of thioether (sulfide) groups is 1. The van der Waals surface area contributed by atoms with Crippen molar-refractivity contribution in [3.63, 3.8) is 0 Å². The van der Waals surface area contributed by atoms with Crippen molar-refractivity contribution in [1.82, 2.24) is 5.32 Å². The Morgan fingerprint density at radius 2 is 2.14 bits per heavy atom. The van der Waals surface area contributed by atoms with E-state index in [1.165, 1.54) is 24.3 Å². The highest BCUT2D eigenvalue weighted by atomic mass is 32.2. The zero-order valence-electron chi connectivity index (χ0n) is 10.7. The first-order valence-electron chi connectivity index (χ1n) is 5.89. The summed E-state index contributed by atoms with van der Waals surface area (Å²) in [6.07, 6.45) is -0.0647. The van der Waals surface area contributed by atoms with Crippen LogP contribution in [0.3, 0.4) is 0 Å². The average Bonchev–Trinajstić information content (AvgIpc) is 2.71. The first-order chi connectivity index (χ1) is 9.94. The molecule has 7 nitrogen and oxygen atoms in total. The minimum atomic E-state index is -0.636. The Labute approximate surface area is 123 Å². The molecule has 9 heteroatoms. The van der Waals surface area contributed by atoms with Crippen molar-refractivity contribution in [3.05, 3.63) is 30.1 Å². The predicted molar refractivity (Wildman–Crippen MR) is 78.5 cm³/mol. The van der Waals surface area contributed by atoms with Gasteiger partial charge in [-0.05, 0) is 24.3 Å². The fraction of sp³-hybridized carbons (Fsp3) is 0.167. The minimum absolute atomic E-state index is 0.0647. The molecular weight excluding hydrogens is 297 g/mol. The molecule has 1 aromatic carbocycles. The van der Waals surface area contributed by atoms with Crippen LogP contribution in [0.1, 0.15) is 6.42 Å². The molecule has 0 aliphatic carbocycles. The molecule has 1 heterocycles. The number of aliphatic imine (C=N–C) groups is 1. The van der Waals surface area contributed by atoms with Crippen LogP contribution in [0.5, 0.6) is 0 Å². The molecule has 2 amide bonds. The maximum Gasteiger partial charge on any atom is 0.240 e. The van der Waals surface area contributed by atoms with Gasteiger partial charge in [0, 0.05) is 12.1 Å². The van der Waals surface area contributed by atoms with Gasteiger partial charge in [0.1, 0.15) is 11.1 Å². The number of carbonyl (C=O) groups excluding carboxylic acids is 2. The van der Waals surface area contributed by atoms with Crippen LogP contribution in [0.2, 0.25) is 0 Å². The summed E-state index contributed by atoms with van der Waals surface area (Å²) >= 11 is 1.04. The van der Waals surface area contributed by atoms with Crippen molar-refractivity contribution in [2.75, 3.05) is 5.32 Å². The highest BCUT2D eigenvalue weighted by Gasteiger charge is 2.32. The molecule has 1 aromatic rings. The van der Waals surface area contributed by atoms with Crippen LogP contribution in [-0.4, -0.2) is 28.2 Å². The van der Waals surface area contributed by atoms with E-state index < -0.39 is 17.0 Å². The van der Waals surface area contributed by atoms with Gasteiger partial charge in [-0.1, -0.05) is 11.8 Å². The van der Waals surface area contributed by atoms with Crippen LogP contribution in [0.15, 0.2) is 29.3 Å². The summed E-state index contributed by atoms with van der Waals surface area (Å²) in [5, 5.41) is 11.6. The molecule has 0 saturated carbocycles. The third kappa shape index (κ3) is 4.28. The summed E-state index contributed by atoms with van der Waals surface area (Å²) in [7, 11) is 0. The Kier molecular flexibility index (Phi) is 4.53. The van der Waals surface area contributed by atoms with Gasteiger partial charge in [0.2, 0.25) is 17.8 Å². The summed E-state index contributed by atoms with van der Waals surface area (Å²) in [5.74, 6) is -1.56. The summed E-state index contributed by atoms with van der Waals surface area (Å²) in [4.78, 5) is 27.1. The molecule has 1 fully saturated rings. The highest BCUT2D eigenvalue weighted by Crippen LogP contribution is 2.23. The minimum Gasteiger partial charge on any atom is -0.368 e. The maximum absolute atomic E-state index is 12.7. The third-order valence-electron chi connectivity index (χ3n) is 2.50. The molecule has 110 valence electrons. The van der Waals surface area contributed by atoms with E-state index in [2.05, 4.69) is 15.6 Å². The first-order valence-corrected chi connectivity index (χ1v) is 6.77. The molecular formula is C12H12FN5O2S. The van der Waals surface area contributed by atoms with Crippen molar-refractivity contribution < 1.29 is 14.0 Å². The number of hydrogen-bond acceptors (Lipinski definition) is 4. The lowest BCUT2D eigenvalue weighted by atomic mass is 10.2. The number of rotatable bonds is 3. The van der Waals surface area contributed by atoms with Gasteiger partial charge in [0.15, 0.2) is 5.17 Å². The number of nitrogens with one attached hydrogen (secondary N) is 3. The number of anilines is 1. The Morgan fingerprint density at radius 1 is 1.48 bits per heavy atom. The smallest absolute Gasteiger partial charge is 0.240 e. The number of guanidine groups is 1. The Bertz CT molecular complexity index is 617. The van der Waals surface area contributed by atoms with Crippen LogP contribution < -0.4 is 16.4 Å². The van der Waals surface area contributed by atoms with Gasteiger partial charge < -0.3 is 16.4 Å². The lowest BCUT2D eigenvalue weighted by Gasteiger charge is -2.07. The molecule has 2 rings (SSSR count). The van der Waals surface area contributed by atoms with Crippen LogP contribution >= 0.6 is 11.8 Å². The monoisotopic (exact) mass is 309 g/mol. The van der Waals surface area contributed by atoms with E-state index in [9.17, 15) is 14.0 Å². The highest BCUT2D eigenvalue weighted by molar-refractivity contribution is 8.15. The Hall–Kier alpha value is -2.42. The molecule has 0 radical (unpaired) electrons.